The Labute approximate surface area is 168 Å². The summed E-state index contributed by atoms with van der Waals surface area (Å²) in [7, 11) is 1.55. The van der Waals surface area contributed by atoms with E-state index in [0.29, 0.717) is 25.4 Å². The summed E-state index contributed by atoms with van der Waals surface area (Å²) in [6.07, 6.45) is 4.30. The molecule has 0 saturated carbocycles. The molecule has 29 heavy (non-hydrogen) atoms. The van der Waals surface area contributed by atoms with Crippen molar-refractivity contribution in [3.63, 3.8) is 0 Å². The third-order valence-electron chi connectivity index (χ3n) is 5.37. The van der Waals surface area contributed by atoms with E-state index >= 15 is 0 Å². The van der Waals surface area contributed by atoms with E-state index in [1.807, 2.05) is 12.3 Å². The van der Waals surface area contributed by atoms with E-state index in [9.17, 15) is 9.18 Å². The van der Waals surface area contributed by atoms with Crippen LogP contribution >= 0.6 is 0 Å². The number of anilines is 1. The number of piperidine rings is 1. The molecule has 3 aromatic rings. The molecule has 1 atom stereocenters. The Balaban J connectivity index is 1.32. The highest BCUT2D eigenvalue weighted by Crippen LogP contribution is 2.23. The van der Waals surface area contributed by atoms with Crippen LogP contribution in [0.2, 0.25) is 0 Å². The van der Waals surface area contributed by atoms with Crippen LogP contribution in [0, 0.1) is 11.7 Å². The van der Waals surface area contributed by atoms with Gasteiger partial charge in [0.1, 0.15) is 5.82 Å². The van der Waals surface area contributed by atoms with Crippen molar-refractivity contribution in [3.8, 4) is 5.88 Å². The number of hydrogen-bond donors (Lipinski definition) is 2. The third kappa shape index (κ3) is 4.31. The van der Waals surface area contributed by atoms with E-state index < -0.39 is 0 Å². The minimum atomic E-state index is -0.258. The zero-order valence-corrected chi connectivity index (χ0v) is 16.3. The molecule has 2 aromatic heterocycles. The number of benzene rings is 1. The molecule has 1 saturated heterocycles. The number of fused-ring (bicyclic) bond motifs is 1. The average Bonchev–Trinajstić information content (AvgIpc) is 3.16. The largest absolute Gasteiger partial charge is 0.480 e. The van der Waals surface area contributed by atoms with Gasteiger partial charge in [-0.25, -0.2) is 4.39 Å². The van der Waals surface area contributed by atoms with Gasteiger partial charge in [-0.1, -0.05) is 0 Å². The van der Waals surface area contributed by atoms with Crippen molar-refractivity contribution < 1.29 is 13.9 Å². The molecule has 0 radical (unpaired) electrons. The van der Waals surface area contributed by atoms with Crippen molar-refractivity contribution in [1.82, 2.24) is 20.5 Å². The smallest absolute Gasteiger partial charge is 0.233 e. The molecule has 1 unspecified atom stereocenters. The molecule has 1 fully saturated rings. The van der Waals surface area contributed by atoms with Gasteiger partial charge in [-0.3, -0.25) is 4.79 Å². The highest BCUT2D eigenvalue weighted by Gasteiger charge is 2.26. The number of carbonyl (C=O) groups excluding carboxylic acids is 1. The summed E-state index contributed by atoms with van der Waals surface area (Å²) in [5.41, 5.74) is 1.90. The number of ether oxygens (including phenoxy) is 1. The highest BCUT2D eigenvalue weighted by atomic mass is 19.1. The Morgan fingerprint density at radius 2 is 2.24 bits per heavy atom. The van der Waals surface area contributed by atoms with Crippen LogP contribution in [-0.4, -0.2) is 47.8 Å². The van der Waals surface area contributed by atoms with Crippen LogP contribution < -0.4 is 15.0 Å². The summed E-state index contributed by atoms with van der Waals surface area (Å²) in [5, 5.41) is 12.1. The molecule has 152 valence electrons. The Morgan fingerprint density at radius 3 is 3.03 bits per heavy atom. The summed E-state index contributed by atoms with van der Waals surface area (Å²) in [4.78, 5) is 17.9. The molecule has 0 bridgehead atoms. The van der Waals surface area contributed by atoms with Crippen LogP contribution in [-0.2, 0) is 11.2 Å². The predicted molar refractivity (Wildman–Crippen MR) is 108 cm³/mol. The highest BCUT2D eigenvalue weighted by molar-refractivity contribution is 5.83. The quantitative estimate of drug-likeness (QED) is 0.668. The molecule has 1 aliphatic rings. The number of halogens is 1. The van der Waals surface area contributed by atoms with Gasteiger partial charge >= 0.3 is 0 Å². The van der Waals surface area contributed by atoms with Crippen molar-refractivity contribution in [2.75, 3.05) is 31.6 Å². The maximum Gasteiger partial charge on any atom is 0.233 e. The third-order valence-corrected chi connectivity index (χ3v) is 5.37. The molecule has 4 rings (SSSR count). The lowest BCUT2D eigenvalue weighted by atomic mass is 9.97. The fourth-order valence-electron chi connectivity index (χ4n) is 3.81. The maximum atomic E-state index is 13.5. The normalized spacial score (nSPS) is 16.8. The summed E-state index contributed by atoms with van der Waals surface area (Å²) in [5.74, 6) is 0.919. The molecular formula is C21H24FN5O2. The fraction of sp³-hybridized carbons (Fsp3) is 0.381. The van der Waals surface area contributed by atoms with Crippen LogP contribution in [0.5, 0.6) is 5.88 Å². The minimum absolute atomic E-state index is 0.0437. The Hall–Kier alpha value is -3.16. The number of hydrogen-bond acceptors (Lipinski definition) is 5. The number of nitrogens with one attached hydrogen (secondary N) is 2. The Bertz CT molecular complexity index is 988. The van der Waals surface area contributed by atoms with E-state index in [2.05, 4.69) is 25.4 Å². The van der Waals surface area contributed by atoms with E-state index in [-0.39, 0.29) is 17.6 Å². The monoisotopic (exact) mass is 397 g/mol. The Morgan fingerprint density at radius 1 is 1.34 bits per heavy atom. The van der Waals surface area contributed by atoms with Gasteiger partial charge in [0.25, 0.3) is 0 Å². The fourth-order valence-corrected chi connectivity index (χ4v) is 3.81. The average molecular weight is 397 g/mol. The van der Waals surface area contributed by atoms with Gasteiger partial charge in [-0.15, -0.1) is 10.2 Å². The first-order valence-electron chi connectivity index (χ1n) is 9.80. The second kappa shape index (κ2) is 8.46. The molecule has 1 aliphatic heterocycles. The lowest BCUT2D eigenvalue weighted by Gasteiger charge is -2.32. The molecule has 7 nitrogen and oxygen atoms in total. The minimum Gasteiger partial charge on any atom is -0.480 e. The van der Waals surface area contributed by atoms with Crippen molar-refractivity contribution in [3.05, 3.63) is 47.9 Å². The van der Waals surface area contributed by atoms with Crippen LogP contribution in [0.3, 0.4) is 0 Å². The molecule has 2 N–H and O–H groups in total. The molecule has 1 aromatic carbocycles. The van der Waals surface area contributed by atoms with Crippen LogP contribution in [0.4, 0.5) is 10.2 Å². The lowest BCUT2D eigenvalue weighted by molar-refractivity contribution is -0.125. The topological polar surface area (TPSA) is 83.1 Å². The molecule has 0 aliphatic carbocycles. The van der Waals surface area contributed by atoms with Gasteiger partial charge in [0, 0.05) is 42.8 Å². The number of methoxy groups -OCH3 is 1. The Kier molecular flexibility index (Phi) is 5.59. The zero-order chi connectivity index (χ0) is 20.2. The number of aromatic amines is 1. The van der Waals surface area contributed by atoms with E-state index in [0.717, 1.165) is 41.7 Å². The van der Waals surface area contributed by atoms with E-state index in [1.165, 1.54) is 12.1 Å². The molecule has 8 heteroatoms. The van der Waals surface area contributed by atoms with Gasteiger partial charge in [0.2, 0.25) is 11.8 Å². The molecule has 0 spiro atoms. The van der Waals surface area contributed by atoms with Crippen molar-refractivity contribution >= 4 is 22.6 Å². The van der Waals surface area contributed by atoms with Crippen LogP contribution in [0.1, 0.15) is 18.4 Å². The first kappa shape index (κ1) is 19.2. The number of amides is 1. The van der Waals surface area contributed by atoms with Gasteiger partial charge in [-0.2, -0.15) is 0 Å². The second-order valence-electron chi connectivity index (χ2n) is 7.26. The number of aromatic nitrogens is 3. The summed E-state index contributed by atoms with van der Waals surface area (Å²) in [6.45, 7) is 1.98. The van der Waals surface area contributed by atoms with E-state index in [1.54, 1.807) is 19.2 Å². The predicted octanol–water partition coefficient (Wildman–Crippen LogP) is 2.68. The van der Waals surface area contributed by atoms with Gasteiger partial charge in [0.15, 0.2) is 5.82 Å². The molecule has 1 amide bonds. The first-order valence-corrected chi connectivity index (χ1v) is 9.80. The first-order chi connectivity index (χ1) is 14.1. The molecular weight excluding hydrogens is 373 g/mol. The number of H-pyrrole nitrogens is 1. The van der Waals surface area contributed by atoms with Gasteiger partial charge < -0.3 is 19.9 Å². The van der Waals surface area contributed by atoms with Gasteiger partial charge in [-0.05, 0) is 49.1 Å². The second-order valence-corrected chi connectivity index (χ2v) is 7.26. The number of carbonyl (C=O) groups is 1. The summed E-state index contributed by atoms with van der Waals surface area (Å²) in [6, 6.07) is 8.33. The lowest BCUT2D eigenvalue weighted by Crippen LogP contribution is -2.43. The maximum absolute atomic E-state index is 13.5. The number of rotatable bonds is 6. The van der Waals surface area contributed by atoms with Crippen molar-refractivity contribution in [2.45, 2.75) is 19.3 Å². The molecule has 3 heterocycles. The standard InChI is InChI=1S/C21H24FN5O2/c1-29-20-7-6-19(25-26-20)27-10-2-3-15(13-27)21(28)23-9-8-14-12-24-18-5-4-16(22)11-17(14)18/h4-7,11-12,15,24H,2-3,8-10,13H2,1H3,(H,23,28). The van der Waals surface area contributed by atoms with Crippen molar-refractivity contribution in [2.24, 2.45) is 5.92 Å². The van der Waals surface area contributed by atoms with Crippen LogP contribution in [0.25, 0.3) is 10.9 Å². The zero-order valence-electron chi connectivity index (χ0n) is 16.3. The van der Waals surface area contributed by atoms with Gasteiger partial charge in [0.05, 0.1) is 13.0 Å². The van der Waals surface area contributed by atoms with Crippen LogP contribution in [0.15, 0.2) is 36.5 Å². The summed E-state index contributed by atoms with van der Waals surface area (Å²) >= 11 is 0. The SMILES string of the molecule is COc1ccc(N2CCCC(C(=O)NCCc3c[nH]c4ccc(F)cc34)C2)nn1. The number of nitrogens with zero attached hydrogens (tertiary/aromatic N) is 3. The summed E-state index contributed by atoms with van der Waals surface area (Å²) < 4.78 is 18.5. The van der Waals surface area contributed by atoms with E-state index in [4.69, 9.17) is 4.74 Å². The van der Waals surface area contributed by atoms with Crippen molar-refractivity contribution in [1.29, 1.82) is 0 Å².